The van der Waals surface area contributed by atoms with Gasteiger partial charge in [0.2, 0.25) is 0 Å². The number of phosphoric acid groups is 1. The standard InChI is InChI=1S/C48H84NO11P/c1-6-8-10-11-12-13-14-15-16-17-18-19-20-21-22-27-31-37-48(54)60-44(42-59-61(55,56)58-40-39-49(3,4)5)41-57-47(53)38-32-36-46(52)45(51)35-30-26-24-23-25-29-34-43(50)33-28-9-7-2/h9,15-16,23-26,28-30,34-35,43-46,50-52H,6-8,10-14,17-22,27,31-33,36-42H2,1-5H3/p+1/b16-15-,25-23+,26-24-,28-9-,34-29+,35-30-/t43-,44-,45+,46+/m1/s1. The van der Waals surface area contributed by atoms with Crippen molar-refractivity contribution >= 4 is 19.8 Å². The van der Waals surface area contributed by atoms with E-state index in [0.29, 0.717) is 23.9 Å². The molecule has 5 atom stereocenters. The smallest absolute Gasteiger partial charge is 0.462 e. The number of nitrogens with zero attached hydrogens (tertiary/aromatic N) is 1. The van der Waals surface area contributed by atoms with E-state index >= 15 is 0 Å². The van der Waals surface area contributed by atoms with Crippen molar-refractivity contribution in [1.29, 1.82) is 0 Å². The van der Waals surface area contributed by atoms with Crippen LogP contribution in [-0.2, 0) is 32.7 Å². The Bertz CT molecular complexity index is 1320. The average Bonchev–Trinajstić information content (AvgIpc) is 3.20. The molecule has 0 spiro atoms. The van der Waals surface area contributed by atoms with Crippen LogP contribution in [0.5, 0.6) is 0 Å². The number of likely N-dealkylation sites (N-methyl/N-ethyl adjacent to an activating group) is 1. The normalized spacial score (nSPS) is 15.8. The Morgan fingerprint density at radius 2 is 1.20 bits per heavy atom. The molecule has 0 radical (unpaired) electrons. The number of ether oxygens (including phenoxy) is 2. The van der Waals surface area contributed by atoms with Crippen molar-refractivity contribution in [3.8, 4) is 0 Å². The lowest BCUT2D eigenvalue weighted by Crippen LogP contribution is -2.37. The Kier molecular flexibility index (Phi) is 37.3. The zero-order valence-electron chi connectivity index (χ0n) is 38.5. The van der Waals surface area contributed by atoms with Gasteiger partial charge in [-0.25, -0.2) is 4.57 Å². The van der Waals surface area contributed by atoms with Crippen molar-refractivity contribution in [1.82, 2.24) is 0 Å². The van der Waals surface area contributed by atoms with Gasteiger partial charge in [0.15, 0.2) is 6.10 Å². The van der Waals surface area contributed by atoms with E-state index in [1.54, 1.807) is 42.5 Å². The predicted octanol–water partition coefficient (Wildman–Crippen LogP) is 9.93. The molecule has 13 heteroatoms. The van der Waals surface area contributed by atoms with Gasteiger partial charge in [-0.05, 0) is 57.8 Å². The van der Waals surface area contributed by atoms with Gasteiger partial charge >= 0.3 is 19.8 Å². The molecule has 4 N–H and O–H groups in total. The number of hydrogen-bond acceptors (Lipinski definition) is 10. The van der Waals surface area contributed by atoms with E-state index in [9.17, 15) is 34.4 Å². The molecule has 0 aromatic rings. The largest absolute Gasteiger partial charge is 0.472 e. The second-order valence-corrected chi connectivity index (χ2v) is 18.1. The quantitative estimate of drug-likeness (QED) is 0.0115. The molecule has 352 valence electrons. The molecule has 0 saturated heterocycles. The number of quaternary nitrogens is 1. The predicted molar refractivity (Wildman–Crippen MR) is 247 cm³/mol. The summed E-state index contributed by atoms with van der Waals surface area (Å²) in [5.74, 6) is -1.14. The van der Waals surface area contributed by atoms with Crippen LogP contribution in [0.15, 0.2) is 72.9 Å². The number of rotatable bonds is 40. The lowest BCUT2D eigenvalue weighted by molar-refractivity contribution is -0.870. The monoisotopic (exact) mass is 883 g/mol. The number of carbonyl (C=O) groups excluding carboxylic acids is 2. The molecule has 12 nitrogen and oxygen atoms in total. The number of unbranched alkanes of at least 4 members (excludes halogenated alkanes) is 13. The molecule has 0 fully saturated rings. The lowest BCUT2D eigenvalue weighted by Gasteiger charge is -2.24. The molecule has 0 aliphatic heterocycles. The zero-order valence-corrected chi connectivity index (χ0v) is 39.4. The van der Waals surface area contributed by atoms with E-state index in [2.05, 4.69) is 19.1 Å². The molecule has 0 aromatic heterocycles. The molecule has 0 aliphatic carbocycles. The summed E-state index contributed by atoms with van der Waals surface area (Å²) < 4.78 is 34.1. The van der Waals surface area contributed by atoms with Crippen molar-refractivity contribution in [2.24, 2.45) is 0 Å². The van der Waals surface area contributed by atoms with Crippen molar-refractivity contribution < 1.29 is 57.4 Å². The minimum Gasteiger partial charge on any atom is -0.462 e. The number of aliphatic hydroxyl groups is 3. The minimum atomic E-state index is -4.46. The minimum absolute atomic E-state index is 0.0283. The Balaban J connectivity index is 4.66. The maximum atomic E-state index is 12.7. The van der Waals surface area contributed by atoms with Gasteiger partial charge in [-0.1, -0.05) is 151 Å². The third kappa shape index (κ3) is 41.1. The van der Waals surface area contributed by atoms with E-state index in [1.165, 1.54) is 63.9 Å². The number of phosphoric ester groups is 1. The molecule has 61 heavy (non-hydrogen) atoms. The van der Waals surface area contributed by atoms with E-state index in [4.69, 9.17) is 18.5 Å². The second kappa shape index (κ2) is 39.0. The summed E-state index contributed by atoms with van der Waals surface area (Å²) in [7, 11) is 1.27. The lowest BCUT2D eigenvalue weighted by atomic mass is 10.1. The highest BCUT2D eigenvalue weighted by atomic mass is 31.2. The van der Waals surface area contributed by atoms with E-state index in [1.807, 2.05) is 40.2 Å². The van der Waals surface area contributed by atoms with Crippen molar-refractivity contribution in [2.75, 3.05) is 47.5 Å². The Hall–Kier alpha value is -2.67. The Labute approximate surface area is 369 Å². The van der Waals surface area contributed by atoms with Crippen LogP contribution in [0.1, 0.15) is 149 Å². The first-order valence-corrected chi connectivity index (χ1v) is 24.5. The summed E-state index contributed by atoms with van der Waals surface area (Å²) in [5.41, 5.74) is 0. The SMILES string of the molecule is CC/C=C\C[C@@H](O)/C=C/C=C/C=C\C=C/[C@H](O)[C@@H](O)CCCC(=O)OC[C@H](COP(=O)(O)OCC[N+](C)(C)C)OC(=O)CCCCCCCCC/C=C\CCCCCCCC. The highest BCUT2D eigenvalue weighted by Gasteiger charge is 2.27. The average molecular weight is 883 g/mol. The third-order valence-electron chi connectivity index (χ3n) is 9.56. The first-order chi connectivity index (χ1) is 29.2. The Morgan fingerprint density at radius 3 is 1.80 bits per heavy atom. The van der Waals surface area contributed by atoms with Gasteiger partial charge in [-0.15, -0.1) is 0 Å². The van der Waals surface area contributed by atoms with Crippen LogP contribution in [0, 0.1) is 0 Å². The summed E-state index contributed by atoms with van der Waals surface area (Å²) in [6.45, 7) is 3.81. The number of hydrogen-bond donors (Lipinski definition) is 4. The van der Waals surface area contributed by atoms with Crippen LogP contribution >= 0.6 is 7.82 Å². The molecule has 0 aromatic carbocycles. The molecule has 0 bridgehead atoms. The van der Waals surface area contributed by atoms with Crippen molar-refractivity contribution in [3.63, 3.8) is 0 Å². The van der Waals surface area contributed by atoms with Crippen LogP contribution in [0.25, 0.3) is 0 Å². The van der Waals surface area contributed by atoms with Gasteiger partial charge in [0.25, 0.3) is 0 Å². The summed E-state index contributed by atoms with van der Waals surface area (Å²) >= 11 is 0. The van der Waals surface area contributed by atoms with Gasteiger partial charge in [-0.3, -0.25) is 18.6 Å². The van der Waals surface area contributed by atoms with Crippen LogP contribution in [0.3, 0.4) is 0 Å². The summed E-state index contributed by atoms with van der Waals surface area (Å²) in [6.07, 6.45) is 37.5. The van der Waals surface area contributed by atoms with Crippen LogP contribution < -0.4 is 0 Å². The fraction of sp³-hybridized carbons (Fsp3) is 0.708. The maximum Gasteiger partial charge on any atom is 0.472 e. The van der Waals surface area contributed by atoms with Crippen LogP contribution in [0.2, 0.25) is 0 Å². The van der Waals surface area contributed by atoms with Gasteiger partial charge in [0.1, 0.15) is 19.8 Å². The second-order valence-electron chi connectivity index (χ2n) is 16.6. The van der Waals surface area contributed by atoms with Crippen LogP contribution in [-0.4, -0.2) is 109 Å². The molecular weight excluding hydrogens is 797 g/mol. The first kappa shape index (κ1) is 58.3. The van der Waals surface area contributed by atoms with Crippen molar-refractivity contribution in [3.05, 3.63) is 72.9 Å². The highest BCUT2D eigenvalue weighted by Crippen LogP contribution is 2.43. The van der Waals surface area contributed by atoms with E-state index < -0.39 is 50.8 Å². The fourth-order valence-electron chi connectivity index (χ4n) is 5.82. The molecular formula is C48H85NO11P+. The van der Waals surface area contributed by atoms with E-state index in [0.717, 1.165) is 38.5 Å². The fourth-order valence-corrected chi connectivity index (χ4v) is 6.56. The molecule has 0 rings (SSSR count). The summed E-state index contributed by atoms with van der Waals surface area (Å²) in [5, 5.41) is 30.5. The van der Waals surface area contributed by atoms with Crippen molar-refractivity contribution in [2.45, 2.75) is 173 Å². The maximum absolute atomic E-state index is 12.7. The number of allylic oxidation sites excluding steroid dienone is 9. The number of carbonyl (C=O) groups is 2. The van der Waals surface area contributed by atoms with Gasteiger partial charge in [0.05, 0.1) is 46.1 Å². The highest BCUT2D eigenvalue weighted by molar-refractivity contribution is 7.47. The summed E-state index contributed by atoms with van der Waals surface area (Å²) in [6, 6.07) is 0. The summed E-state index contributed by atoms with van der Waals surface area (Å²) in [4.78, 5) is 35.5. The van der Waals surface area contributed by atoms with E-state index in [-0.39, 0.29) is 38.9 Å². The Morgan fingerprint density at radius 1 is 0.639 bits per heavy atom. The van der Waals surface area contributed by atoms with Gasteiger partial charge in [-0.2, -0.15) is 0 Å². The first-order valence-electron chi connectivity index (χ1n) is 23.0. The number of aliphatic hydroxyl groups excluding tert-OH is 3. The topological polar surface area (TPSA) is 169 Å². The number of esters is 2. The molecule has 0 aliphatic rings. The molecule has 1 unspecified atom stereocenters. The molecule has 0 heterocycles. The third-order valence-corrected chi connectivity index (χ3v) is 10.5. The molecule has 0 amide bonds. The van der Waals surface area contributed by atoms with Gasteiger partial charge < -0.3 is 34.2 Å². The zero-order chi connectivity index (χ0) is 45.5. The molecule has 0 saturated carbocycles. The van der Waals surface area contributed by atoms with Gasteiger partial charge in [0, 0.05) is 12.8 Å². The van der Waals surface area contributed by atoms with Crippen LogP contribution in [0.4, 0.5) is 0 Å².